The third kappa shape index (κ3) is 6.25. The van der Waals surface area contributed by atoms with Gasteiger partial charge in [-0.3, -0.25) is 9.78 Å². The molecular formula is C17H29N3O. The predicted molar refractivity (Wildman–Crippen MR) is 86.8 cm³/mol. The van der Waals surface area contributed by atoms with Crippen LogP contribution in [-0.4, -0.2) is 28.9 Å². The number of aromatic nitrogens is 1. The minimum Gasteiger partial charge on any atom is -0.337 e. The Morgan fingerprint density at radius 3 is 2.67 bits per heavy atom. The van der Waals surface area contributed by atoms with E-state index in [4.69, 9.17) is 5.73 Å². The summed E-state index contributed by atoms with van der Waals surface area (Å²) in [5, 5.41) is 0. The quantitative estimate of drug-likeness (QED) is 0.761. The summed E-state index contributed by atoms with van der Waals surface area (Å²) in [6.45, 7) is 8.19. The Labute approximate surface area is 128 Å². The Bertz CT molecular complexity index is 434. The van der Waals surface area contributed by atoms with E-state index in [9.17, 15) is 4.79 Å². The van der Waals surface area contributed by atoms with Crippen molar-refractivity contribution in [1.82, 2.24) is 9.88 Å². The molecule has 0 saturated carbocycles. The molecule has 1 rings (SSSR count). The first kappa shape index (κ1) is 17.6. The number of nitrogens with zero attached hydrogens (tertiary/aromatic N) is 2. The average molecular weight is 291 g/mol. The van der Waals surface area contributed by atoms with Crippen molar-refractivity contribution in [2.45, 2.75) is 53.0 Å². The molecule has 4 heteroatoms. The maximum absolute atomic E-state index is 12.4. The highest BCUT2D eigenvalue weighted by molar-refractivity contribution is 5.76. The summed E-state index contributed by atoms with van der Waals surface area (Å²) in [6, 6.07) is 5.94. The molecule has 1 atom stereocenters. The maximum atomic E-state index is 12.4. The summed E-state index contributed by atoms with van der Waals surface area (Å²) in [4.78, 5) is 18.7. The maximum Gasteiger partial charge on any atom is 0.222 e. The van der Waals surface area contributed by atoms with Crippen LogP contribution in [0.1, 0.15) is 50.9 Å². The number of aryl methyl sites for hydroxylation is 1. The van der Waals surface area contributed by atoms with Crippen molar-refractivity contribution >= 4 is 5.91 Å². The summed E-state index contributed by atoms with van der Waals surface area (Å²) in [7, 11) is 0. The smallest absolute Gasteiger partial charge is 0.222 e. The average Bonchev–Trinajstić information content (AvgIpc) is 2.48. The topological polar surface area (TPSA) is 59.2 Å². The van der Waals surface area contributed by atoms with Crippen LogP contribution in [-0.2, 0) is 11.3 Å². The van der Waals surface area contributed by atoms with E-state index in [-0.39, 0.29) is 5.91 Å². The third-order valence-electron chi connectivity index (χ3n) is 3.95. The zero-order valence-electron chi connectivity index (χ0n) is 13.6. The van der Waals surface area contributed by atoms with Crippen molar-refractivity contribution in [2.24, 2.45) is 11.7 Å². The van der Waals surface area contributed by atoms with Gasteiger partial charge in [0.25, 0.3) is 0 Å². The lowest BCUT2D eigenvalue weighted by Crippen LogP contribution is -2.31. The van der Waals surface area contributed by atoms with E-state index in [1.165, 1.54) is 0 Å². The van der Waals surface area contributed by atoms with E-state index in [0.29, 0.717) is 25.4 Å². The molecule has 0 radical (unpaired) electrons. The molecule has 0 bridgehead atoms. The first-order valence-corrected chi connectivity index (χ1v) is 8.01. The number of carbonyl (C=O) groups excluding carboxylic acids is 1. The van der Waals surface area contributed by atoms with Gasteiger partial charge in [-0.15, -0.1) is 0 Å². The van der Waals surface area contributed by atoms with Crippen LogP contribution in [0.15, 0.2) is 18.2 Å². The van der Waals surface area contributed by atoms with Crippen molar-refractivity contribution in [3.05, 3.63) is 29.6 Å². The lowest BCUT2D eigenvalue weighted by atomic mass is 9.96. The van der Waals surface area contributed by atoms with Gasteiger partial charge < -0.3 is 10.6 Å². The number of pyridine rings is 1. The number of carbonyl (C=O) groups is 1. The van der Waals surface area contributed by atoms with Crippen molar-refractivity contribution in [1.29, 1.82) is 0 Å². The van der Waals surface area contributed by atoms with Gasteiger partial charge in [-0.05, 0) is 51.3 Å². The number of rotatable bonds is 9. The van der Waals surface area contributed by atoms with Crippen molar-refractivity contribution in [3.63, 3.8) is 0 Å². The lowest BCUT2D eigenvalue weighted by molar-refractivity contribution is -0.132. The Morgan fingerprint density at radius 1 is 1.33 bits per heavy atom. The molecule has 0 aliphatic carbocycles. The third-order valence-corrected chi connectivity index (χ3v) is 3.95. The zero-order chi connectivity index (χ0) is 15.7. The molecule has 0 saturated heterocycles. The number of hydrogen-bond acceptors (Lipinski definition) is 3. The molecule has 1 heterocycles. The molecule has 0 fully saturated rings. The monoisotopic (exact) mass is 291 g/mol. The minimum atomic E-state index is 0.219. The number of amides is 1. The Morgan fingerprint density at radius 2 is 2.10 bits per heavy atom. The molecule has 0 aliphatic heterocycles. The van der Waals surface area contributed by atoms with Gasteiger partial charge in [0.2, 0.25) is 5.91 Å². The molecular weight excluding hydrogens is 262 g/mol. The highest BCUT2D eigenvalue weighted by Gasteiger charge is 2.15. The van der Waals surface area contributed by atoms with E-state index in [2.05, 4.69) is 11.9 Å². The summed E-state index contributed by atoms with van der Waals surface area (Å²) >= 11 is 0. The van der Waals surface area contributed by atoms with Crippen molar-refractivity contribution < 1.29 is 4.79 Å². The standard InChI is InChI=1S/C17H29N3O/c1-4-15(11-12-18)9-10-17(21)20(5-2)13-16-8-6-7-14(3)19-16/h6-8,15H,4-5,9-13,18H2,1-3H3. The molecule has 1 unspecified atom stereocenters. The molecule has 4 nitrogen and oxygen atoms in total. The molecule has 0 aliphatic rings. The van der Waals surface area contributed by atoms with E-state index in [0.717, 1.165) is 37.2 Å². The second-order valence-electron chi connectivity index (χ2n) is 5.57. The van der Waals surface area contributed by atoms with Gasteiger partial charge in [-0.1, -0.05) is 19.4 Å². The first-order chi connectivity index (χ1) is 10.1. The Balaban J connectivity index is 2.53. The molecule has 0 spiro atoms. The summed E-state index contributed by atoms with van der Waals surface area (Å²) in [5.41, 5.74) is 7.56. The van der Waals surface area contributed by atoms with Crippen LogP contribution in [0.25, 0.3) is 0 Å². The second kappa shape index (κ2) is 9.50. The van der Waals surface area contributed by atoms with Crippen LogP contribution in [0.5, 0.6) is 0 Å². The Kier molecular flexibility index (Phi) is 7.98. The largest absolute Gasteiger partial charge is 0.337 e. The fraction of sp³-hybridized carbons (Fsp3) is 0.647. The van der Waals surface area contributed by atoms with E-state index in [1.54, 1.807) is 0 Å². The zero-order valence-corrected chi connectivity index (χ0v) is 13.6. The van der Waals surface area contributed by atoms with Crippen molar-refractivity contribution in [3.8, 4) is 0 Å². The fourth-order valence-electron chi connectivity index (χ4n) is 2.53. The summed E-state index contributed by atoms with van der Waals surface area (Å²) < 4.78 is 0. The van der Waals surface area contributed by atoms with Crippen LogP contribution < -0.4 is 5.73 Å². The SMILES string of the molecule is CCC(CCN)CCC(=O)N(CC)Cc1cccc(C)n1. The predicted octanol–water partition coefficient (Wildman–Crippen LogP) is 2.89. The molecule has 21 heavy (non-hydrogen) atoms. The van der Waals surface area contributed by atoms with Crippen LogP contribution >= 0.6 is 0 Å². The van der Waals surface area contributed by atoms with Gasteiger partial charge in [0.05, 0.1) is 12.2 Å². The second-order valence-corrected chi connectivity index (χ2v) is 5.57. The molecule has 2 N–H and O–H groups in total. The van der Waals surface area contributed by atoms with Crippen molar-refractivity contribution in [2.75, 3.05) is 13.1 Å². The van der Waals surface area contributed by atoms with Gasteiger partial charge in [0.15, 0.2) is 0 Å². The van der Waals surface area contributed by atoms with Gasteiger partial charge in [-0.25, -0.2) is 0 Å². The van der Waals surface area contributed by atoms with Gasteiger partial charge >= 0.3 is 0 Å². The van der Waals surface area contributed by atoms with Gasteiger partial charge in [0, 0.05) is 18.7 Å². The van der Waals surface area contributed by atoms with E-state index >= 15 is 0 Å². The summed E-state index contributed by atoms with van der Waals surface area (Å²) in [5.74, 6) is 0.783. The van der Waals surface area contributed by atoms with Gasteiger partial charge in [-0.2, -0.15) is 0 Å². The van der Waals surface area contributed by atoms with Gasteiger partial charge in [0.1, 0.15) is 0 Å². The van der Waals surface area contributed by atoms with Crippen LogP contribution in [0.2, 0.25) is 0 Å². The molecule has 1 aromatic rings. The molecule has 1 amide bonds. The fourth-order valence-corrected chi connectivity index (χ4v) is 2.53. The lowest BCUT2D eigenvalue weighted by Gasteiger charge is -2.22. The van der Waals surface area contributed by atoms with E-state index in [1.807, 2.05) is 36.9 Å². The first-order valence-electron chi connectivity index (χ1n) is 8.01. The minimum absolute atomic E-state index is 0.219. The Hall–Kier alpha value is -1.42. The normalized spacial score (nSPS) is 12.2. The van der Waals surface area contributed by atoms with Crippen LogP contribution in [0.3, 0.4) is 0 Å². The van der Waals surface area contributed by atoms with Crippen LogP contribution in [0.4, 0.5) is 0 Å². The number of nitrogens with two attached hydrogens (primary N) is 1. The highest BCUT2D eigenvalue weighted by Crippen LogP contribution is 2.16. The van der Waals surface area contributed by atoms with E-state index < -0.39 is 0 Å². The molecule has 1 aromatic heterocycles. The summed E-state index contributed by atoms with van der Waals surface area (Å²) in [6.07, 6.45) is 3.65. The van der Waals surface area contributed by atoms with Crippen LogP contribution in [0, 0.1) is 12.8 Å². The highest BCUT2D eigenvalue weighted by atomic mass is 16.2. The molecule has 118 valence electrons. The number of hydrogen-bond donors (Lipinski definition) is 1. The molecule has 0 aromatic carbocycles.